The Labute approximate surface area is 247 Å². The molecule has 0 bridgehead atoms. The fourth-order valence-electron chi connectivity index (χ4n) is 5.94. The highest BCUT2D eigenvalue weighted by Crippen LogP contribution is 2.36. The predicted octanol–water partition coefficient (Wildman–Crippen LogP) is 2.59. The van der Waals surface area contributed by atoms with Gasteiger partial charge in [0, 0.05) is 62.8 Å². The smallest absolute Gasteiger partial charge is 0.237 e. The van der Waals surface area contributed by atoms with Gasteiger partial charge in [-0.2, -0.15) is 0 Å². The van der Waals surface area contributed by atoms with Crippen molar-refractivity contribution in [2.45, 2.75) is 25.8 Å². The molecular weight excluding hydrogens is 532 g/mol. The molecule has 5 heterocycles. The van der Waals surface area contributed by atoms with Crippen LogP contribution in [-0.2, 0) is 16.0 Å². The average Bonchev–Trinajstić information content (AvgIpc) is 3.00. The quantitative estimate of drug-likeness (QED) is 0.442. The zero-order valence-electron chi connectivity index (χ0n) is 24.3. The molecule has 11 heteroatoms. The third-order valence-electron chi connectivity index (χ3n) is 8.52. The Morgan fingerprint density at radius 3 is 2.79 bits per heavy atom. The number of amides is 1. The lowest BCUT2D eigenvalue weighted by Crippen LogP contribution is -2.63. The van der Waals surface area contributed by atoms with Crippen LogP contribution in [0.25, 0.3) is 0 Å². The van der Waals surface area contributed by atoms with E-state index in [2.05, 4.69) is 49.0 Å². The molecule has 2 aromatic rings. The van der Waals surface area contributed by atoms with Crippen molar-refractivity contribution in [1.29, 1.82) is 0 Å². The average molecular weight is 573 g/mol. The number of morpholine rings is 1. The number of fused-ring (bicyclic) bond motifs is 1. The maximum atomic E-state index is 12.7. The normalized spacial score (nSPS) is 19.6. The van der Waals surface area contributed by atoms with Gasteiger partial charge in [-0.1, -0.05) is 12.1 Å². The highest BCUT2D eigenvalue weighted by molar-refractivity contribution is 5.82. The molecule has 0 aliphatic carbocycles. The number of nitrogens with one attached hydrogen (secondary N) is 2. The largest absolute Gasteiger partial charge is 0.474 e. The SMILES string of the molecule is C=NC1=C(/C=N\CNc2ccc(CC(=O)N3CC(N4CCOCC4)C3)cc2)CCN(c2cnc3c(c2C)NCCO3)C1. The molecule has 1 aromatic heterocycles. The predicted molar refractivity (Wildman–Crippen MR) is 166 cm³/mol. The lowest BCUT2D eigenvalue weighted by molar-refractivity contribution is -0.139. The molecule has 1 aromatic carbocycles. The van der Waals surface area contributed by atoms with Gasteiger partial charge >= 0.3 is 0 Å². The van der Waals surface area contributed by atoms with Crippen LogP contribution in [0.3, 0.4) is 0 Å². The van der Waals surface area contributed by atoms with Crippen molar-refractivity contribution in [1.82, 2.24) is 14.8 Å². The summed E-state index contributed by atoms with van der Waals surface area (Å²) in [4.78, 5) is 32.8. The summed E-state index contributed by atoms with van der Waals surface area (Å²) in [6.07, 6.45) is 5.05. The number of aliphatic imine (C=N–C) groups is 2. The first-order valence-corrected chi connectivity index (χ1v) is 14.8. The van der Waals surface area contributed by atoms with Gasteiger partial charge in [0.1, 0.15) is 19.0 Å². The molecular formula is C31H40N8O3. The van der Waals surface area contributed by atoms with Gasteiger partial charge < -0.3 is 29.9 Å². The highest BCUT2D eigenvalue weighted by atomic mass is 16.5. The van der Waals surface area contributed by atoms with Gasteiger partial charge in [0.2, 0.25) is 11.8 Å². The van der Waals surface area contributed by atoms with Gasteiger partial charge in [0.05, 0.1) is 43.8 Å². The monoisotopic (exact) mass is 572 g/mol. The second-order valence-electron chi connectivity index (χ2n) is 11.1. The Bertz CT molecular complexity index is 1350. The number of aromatic nitrogens is 1. The third-order valence-corrected chi connectivity index (χ3v) is 8.52. The molecule has 2 fully saturated rings. The minimum atomic E-state index is 0.194. The lowest BCUT2D eigenvalue weighted by Gasteiger charge is -2.46. The number of anilines is 3. The Hall–Kier alpha value is -3.96. The van der Waals surface area contributed by atoms with Crippen LogP contribution in [0.2, 0.25) is 0 Å². The van der Waals surface area contributed by atoms with Gasteiger partial charge in [-0.3, -0.25) is 19.7 Å². The summed E-state index contributed by atoms with van der Waals surface area (Å²) in [6.45, 7) is 14.5. The van der Waals surface area contributed by atoms with Crippen LogP contribution in [0, 0.1) is 6.92 Å². The number of benzene rings is 1. The van der Waals surface area contributed by atoms with E-state index < -0.39 is 0 Å². The highest BCUT2D eigenvalue weighted by Gasteiger charge is 2.35. The van der Waals surface area contributed by atoms with E-state index in [1.54, 1.807) is 0 Å². The number of nitrogens with zero attached hydrogens (tertiary/aromatic N) is 6. The van der Waals surface area contributed by atoms with Gasteiger partial charge in [-0.25, -0.2) is 4.98 Å². The third kappa shape index (κ3) is 6.27. The molecule has 6 rings (SSSR count). The van der Waals surface area contributed by atoms with Crippen LogP contribution < -0.4 is 20.3 Å². The zero-order valence-corrected chi connectivity index (χ0v) is 24.3. The van der Waals surface area contributed by atoms with Crippen molar-refractivity contribution < 1.29 is 14.3 Å². The minimum absolute atomic E-state index is 0.194. The number of hydrogen-bond acceptors (Lipinski definition) is 10. The van der Waals surface area contributed by atoms with E-state index in [9.17, 15) is 4.79 Å². The molecule has 0 spiro atoms. The summed E-state index contributed by atoms with van der Waals surface area (Å²) < 4.78 is 11.1. The number of ether oxygens (including phenoxy) is 2. The van der Waals surface area contributed by atoms with Gasteiger partial charge in [0.15, 0.2) is 0 Å². The number of carbonyl (C=O) groups is 1. The molecule has 222 valence electrons. The Morgan fingerprint density at radius 2 is 2.00 bits per heavy atom. The Morgan fingerprint density at radius 1 is 1.19 bits per heavy atom. The summed E-state index contributed by atoms with van der Waals surface area (Å²) >= 11 is 0. The van der Waals surface area contributed by atoms with E-state index in [1.165, 1.54) is 0 Å². The summed E-state index contributed by atoms with van der Waals surface area (Å²) in [5.74, 6) is 0.865. The Balaban J connectivity index is 0.968. The van der Waals surface area contributed by atoms with Crippen LogP contribution in [0.5, 0.6) is 5.88 Å². The minimum Gasteiger partial charge on any atom is -0.474 e. The molecule has 2 N–H and O–H groups in total. The van der Waals surface area contributed by atoms with E-state index in [0.717, 1.165) is 98.4 Å². The standard InChI is InChI=1S/C31H40N8O3/c1-22-28(17-35-31-30(22)34-8-12-42-31)38-9-7-24(27(20-38)32-2)16-33-21-36-25-5-3-23(4-6-25)15-29(40)39-18-26(19-39)37-10-13-41-14-11-37/h3-6,16-17,26,34,36H,2,7-15,18-21H2,1H3/b33-16-. The second kappa shape index (κ2) is 12.9. The van der Waals surface area contributed by atoms with E-state index in [1.807, 2.05) is 41.6 Å². The first-order chi connectivity index (χ1) is 20.6. The number of rotatable bonds is 9. The molecule has 4 aliphatic rings. The summed E-state index contributed by atoms with van der Waals surface area (Å²) in [6, 6.07) is 8.53. The molecule has 0 unspecified atom stereocenters. The van der Waals surface area contributed by atoms with E-state index in [0.29, 0.717) is 38.2 Å². The van der Waals surface area contributed by atoms with Crippen molar-refractivity contribution in [2.24, 2.45) is 9.98 Å². The fraction of sp³-hybridized carbons (Fsp3) is 0.484. The fourth-order valence-corrected chi connectivity index (χ4v) is 5.94. The first kappa shape index (κ1) is 28.2. The van der Waals surface area contributed by atoms with Gasteiger partial charge in [-0.05, 0) is 43.3 Å². The van der Waals surface area contributed by atoms with Crippen molar-refractivity contribution in [3.63, 3.8) is 0 Å². The van der Waals surface area contributed by atoms with Crippen molar-refractivity contribution in [3.8, 4) is 5.88 Å². The van der Waals surface area contributed by atoms with Crippen LogP contribution >= 0.6 is 0 Å². The van der Waals surface area contributed by atoms with Crippen LogP contribution in [0.4, 0.5) is 17.1 Å². The molecule has 2 saturated heterocycles. The lowest BCUT2D eigenvalue weighted by atomic mass is 10.0. The Kier molecular flexibility index (Phi) is 8.66. The molecule has 42 heavy (non-hydrogen) atoms. The second-order valence-corrected chi connectivity index (χ2v) is 11.1. The van der Waals surface area contributed by atoms with E-state index in [4.69, 9.17) is 9.47 Å². The van der Waals surface area contributed by atoms with Crippen molar-refractivity contribution >= 4 is 35.9 Å². The first-order valence-electron chi connectivity index (χ1n) is 14.8. The van der Waals surface area contributed by atoms with Gasteiger partial charge in [-0.15, -0.1) is 0 Å². The molecule has 1 amide bonds. The van der Waals surface area contributed by atoms with Crippen LogP contribution in [-0.4, -0.2) is 112 Å². The topological polar surface area (TPSA) is 107 Å². The molecule has 0 saturated carbocycles. The maximum absolute atomic E-state index is 12.7. The maximum Gasteiger partial charge on any atom is 0.237 e. The summed E-state index contributed by atoms with van der Waals surface area (Å²) in [7, 11) is 0. The summed E-state index contributed by atoms with van der Waals surface area (Å²) in [5.41, 5.74) is 7.22. The molecule has 11 nitrogen and oxygen atoms in total. The van der Waals surface area contributed by atoms with E-state index in [-0.39, 0.29) is 5.91 Å². The number of likely N-dealkylation sites (tertiary alicyclic amines) is 1. The number of carbonyl (C=O) groups excluding carboxylic acids is 1. The molecule has 0 atom stereocenters. The van der Waals surface area contributed by atoms with Crippen LogP contribution in [0.1, 0.15) is 17.5 Å². The molecule has 0 radical (unpaired) electrons. The van der Waals surface area contributed by atoms with Crippen molar-refractivity contribution in [2.75, 3.05) is 87.8 Å². The summed E-state index contributed by atoms with van der Waals surface area (Å²) in [5, 5.41) is 6.75. The zero-order chi connectivity index (χ0) is 28.9. The number of pyridine rings is 1. The van der Waals surface area contributed by atoms with Gasteiger partial charge in [0.25, 0.3) is 0 Å². The van der Waals surface area contributed by atoms with Crippen LogP contribution in [0.15, 0.2) is 51.7 Å². The number of hydrogen-bond donors (Lipinski definition) is 2. The molecule has 4 aliphatic heterocycles. The van der Waals surface area contributed by atoms with E-state index >= 15 is 0 Å². The van der Waals surface area contributed by atoms with Crippen molar-refractivity contribution in [3.05, 3.63) is 52.9 Å².